The van der Waals surface area contributed by atoms with Crippen molar-refractivity contribution in [3.8, 4) is 0 Å². The van der Waals surface area contributed by atoms with E-state index >= 15 is 0 Å². The van der Waals surface area contributed by atoms with E-state index < -0.39 is 5.60 Å². The number of ketones is 1. The maximum absolute atomic E-state index is 11.8. The summed E-state index contributed by atoms with van der Waals surface area (Å²) in [5, 5.41) is 0. The maximum atomic E-state index is 11.8. The third kappa shape index (κ3) is 2.31. The molecule has 1 atom stereocenters. The van der Waals surface area contributed by atoms with Gasteiger partial charge in [-0.3, -0.25) is 4.79 Å². The molecule has 1 rings (SSSR count). The summed E-state index contributed by atoms with van der Waals surface area (Å²) in [6.07, 6.45) is 5.26. The fourth-order valence-corrected chi connectivity index (χ4v) is 1.63. The molecule has 1 fully saturated rings. The van der Waals surface area contributed by atoms with Crippen molar-refractivity contribution in [2.24, 2.45) is 5.92 Å². The Bertz CT molecular complexity index is 179. The summed E-state index contributed by atoms with van der Waals surface area (Å²) < 4.78 is 5.27. The van der Waals surface area contributed by atoms with E-state index in [1.807, 2.05) is 13.8 Å². The molecule has 0 aromatic carbocycles. The average molecular weight is 184 g/mol. The molecule has 0 spiro atoms. The highest BCUT2D eigenvalue weighted by Gasteiger charge is 2.33. The second-order valence-corrected chi connectivity index (χ2v) is 4.21. The molecule has 1 saturated carbocycles. The zero-order chi connectivity index (χ0) is 9.90. The van der Waals surface area contributed by atoms with Gasteiger partial charge in [-0.25, -0.2) is 0 Å². The van der Waals surface area contributed by atoms with E-state index in [1.54, 1.807) is 7.11 Å². The first-order chi connectivity index (χ1) is 6.12. The second-order valence-electron chi connectivity index (χ2n) is 4.21. The first kappa shape index (κ1) is 10.7. The molecule has 0 N–H and O–H groups in total. The van der Waals surface area contributed by atoms with Crippen LogP contribution in [-0.4, -0.2) is 18.5 Å². The van der Waals surface area contributed by atoms with Crippen molar-refractivity contribution in [3.63, 3.8) is 0 Å². The van der Waals surface area contributed by atoms with Gasteiger partial charge in [-0.15, -0.1) is 0 Å². The normalized spacial score (nSPS) is 22.1. The summed E-state index contributed by atoms with van der Waals surface area (Å²) in [6.45, 7) is 3.90. The highest BCUT2D eigenvalue weighted by atomic mass is 16.5. The predicted molar refractivity (Wildman–Crippen MR) is 52.7 cm³/mol. The van der Waals surface area contributed by atoms with E-state index in [4.69, 9.17) is 4.74 Å². The molecule has 0 aromatic heterocycles. The van der Waals surface area contributed by atoms with Crippen LogP contribution in [0.4, 0.5) is 0 Å². The van der Waals surface area contributed by atoms with Gasteiger partial charge >= 0.3 is 0 Å². The molecule has 0 radical (unpaired) electrons. The molecule has 1 unspecified atom stereocenters. The molecule has 0 aromatic rings. The Labute approximate surface area is 80.7 Å². The van der Waals surface area contributed by atoms with Crippen molar-refractivity contribution >= 4 is 5.78 Å². The van der Waals surface area contributed by atoms with E-state index in [2.05, 4.69) is 0 Å². The number of hydrogen-bond acceptors (Lipinski definition) is 2. The minimum atomic E-state index is -0.532. The van der Waals surface area contributed by atoms with Crippen molar-refractivity contribution in [3.05, 3.63) is 0 Å². The van der Waals surface area contributed by atoms with Crippen molar-refractivity contribution in [2.75, 3.05) is 7.11 Å². The standard InChI is InChI=1S/C11H20O2/c1-4-11(2,13-3)10(12)8-9-6-5-7-9/h9H,4-8H2,1-3H3. The van der Waals surface area contributed by atoms with Gasteiger partial charge in [0.2, 0.25) is 0 Å². The topological polar surface area (TPSA) is 26.3 Å². The van der Waals surface area contributed by atoms with Crippen molar-refractivity contribution < 1.29 is 9.53 Å². The molecule has 0 aliphatic heterocycles. The van der Waals surface area contributed by atoms with Crippen LogP contribution in [0.25, 0.3) is 0 Å². The Balaban J connectivity index is 2.43. The monoisotopic (exact) mass is 184 g/mol. The van der Waals surface area contributed by atoms with E-state index in [9.17, 15) is 4.79 Å². The minimum Gasteiger partial charge on any atom is -0.371 e. The zero-order valence-corrected chi connectivity index (χ0v) is 8.93. The summed E-state index contributed by atoms with van der Waals surface area (Å²) in [5.41, 5.74) is -0.532. The summed E-state index contributed by atoms with van der Waals surface area (Å²) >= 11 is 0. The van der Waals surface area contributed by atoms with Gasteiger partial charge in [-0.05, 0) is 19.3 Å². The van der Waals surface area contributed by atoms with Crippen LogP contribution >= 0.6 is 0 Å². The van der Waals surface area contributed by atoms with Crippen LogP contribution < -0.4 is 0 Å². The van der Waals surface area contributed by atoms with Gasteiger partial charge in [-0.2, -0.15) is 0 Å². The van der Waals surface area contributed by atoms with E-state index in [0.29, 0.717) is 5.92 Å². The molecule has 13 heavy (non-hydrogen) atoms. The summed E-state index contributed by atoms with van der Waals surface area (Å²) in [5.74, 6) is 0.927. The predicted octanol–water partition coefficient (Wildman–Crippen LogP) is 2.56. The summed E-state index contributed by atoms with van der Waals surface area (Å²) in [6, 6.07) is 0. The molecule has 0 heterocycles. The van der Waals surface area contributed by atoms with E-state index in [1.165, 1.54) is 19.3 Å². The summed E-state index contributed by atoms with van der Waals surface area (Å²) in [4.78, 5) is 11.8. The summed E-state index contributed by atoms with van der Waals surface area (Å²) in [7, 11) is 1.63. The third-order valence-electron chi connectivity index (χ3n) is 3.41. The molecular formula is C11H20O2. The first-order valence-corrected chi connectivity index (χ1v) is 5.21. The quantitative estimate of drug-likeness (QED) is 0.656. The molecular weight excluding hydrogens is 164 g/mol. The molecule has 76 valence electrons. The molecule has 0 bridgehead atoms. The molecule has 1 aliphatic carbocycles. The van der Waals surface area contributed by atoms with Crippen LogP contribution in [0.1, 0.15) is 46.0 Å². The third-order valence-corrected chi connectivity index (χ3v) is 3.41. The van der Waals surface area contributed by atoms with Crippen LogP contribution in [0, 0.1) is 5.92 Å². The number of hydrogen-bond donors (Lipinski definition) is 0. The van der Waals surface area contributed by atoms with Crippen LogP contribution in [0.5, 0.6) is 0 Å². The van der Waals surface area contributed by atoms with Crippen LogP contribution in [0.2, 0.25) is 0 Å². The van der Waals surface area contributed by atoms with Gasteiger partial charge < -0.3 is 4.74 Å². The van der Waals surface area contributed by atoms with Gasteiger partial charge in [0.15, 0.2) is 5.78 Å². The number of rotatable bonds is 5. The Morgan fingerprint density at radius 3 is 2.46 bits per heavy atom. The lowest BCUT2D eigenvalue weighted by atomic mass is 9.79. The highest BCUT2D eigenvalue weighted by Crippen LogP contribution is 2.32. The smallest absolute Gasteiger partial charge is 0.164 e. The number of ether oxygens (including phenoxy) is 1. The lowest BCUT2D eigenvalue weighted by molar-refractivity contribution is -0.141. The molecule has 0 amide bonds. The van der Waals surface area contributed by atoms with Gasteiger partial charge in [0.05, 0.1) is 0 Å². The van der Waals surface area contributed by atoms with Crippen molar-refractivity contribution in [1.82, 2.24) is 0 Å². The van der Waals surface area contributed by atoms with Crippen molar-refractivity contribution in [1.29, 1.82) is 0 Å². The maximum Gasteiger partial charge on any atom is 0.164 e. The van der Waals surface area contributed by atoms with Crippen LogP contribution in [0.15, 0.2) is 0 Å². The number of carbonyl (C=O) groups is 1. The molecule has 1 aliphatic rings. The lowest BCUT2D eigenvalue weighted by Crippen LogP contribution is -2.38. The average Bonchev–Trinajstić information content (AvgIpc) is 2.09. The van der Waals surface area contributed by atoms with Gasteiger partial charge in [-0.1, -0.05) is 26.2 Å². The Kier molecular flexibility index (Phi) is 3.48. The van der Waals surface area contributed by atoms with Gasteiger partial charge in [0.25, 0.3) is 0 Å². The molecule has 2 nitrogen and oxygen atoms in total. The minimum absolute atomic E-state index is 0.280. The van der Waals surface area contributed by atoms with Crippen LogP contribution in [-0.2, 0) is 9.53 Å². The largest absolute Gasteiger partial charge is 0.371 e. The number of methoxy groups -OCH3 is 1. The highest BCUT2D eigenvalue weighted by molar-refractivity contribution is 5.87. The number of Topliss-reactive ketones (excluding diaryl/α,β-unsaturated/α-hetero) is 1. The Morgan fingerprint density at radius 1 is 1.54 bits per heavy atom. The molecule has 2 heteroatoms. The Morgan fingerprint density at radius 2 is 2.15 bits per heavy atom. The van der Waals surface area contributed by atoms with Gasteiger partial charge in [0, 0.05) is 13.5 Å². The first-order valence-electron chi connectivity index (χ1n) is 5.21. The van der Waals surface area contributed by atoms with Gasteiger partial charge in [0.1, 0.15) is 5.60 Å². The van der Waals surface area contributed by atoms with Crippen LogP contribution in [0.3, 0.4) is 0 Å². The van der Waals surface area contributed by atoms with E-state index in [-0.39, 0.29) is 5.78 Å². The van der Waals surface area contributed by atoms with Crippen molar-refractivity contribution in [2.45, 2.75) is 51.6 Å². The zero-order valence-electron chi connectivity index (χ0n) is 8.93. The fourth-order valence-electron chi connectivity index (χ4n) is 1.63. The fraction of sp³-hybridized carbons (Fsp3) is 0.909. The molecule has 0 saturated heterocycles. The second kappa shape index (κ2) is 4.23. The van der Waals surface area contributed by atoms with E-state index in [0.717, 1.165) is 12.8 Å². The number of carbonyl (C=O) groups excluding carboxylic acids is 1. The SMILES string of the molecule is CCC(C)(OC)C(=O)CC1CCC1. The lowest BCUT2D eigenvalue weighted by Gasteiger charge is -2.30. The Hall–Kier alpha value is -0.370.